The van der Waals surface area contributed by atoms with Gasteiger partial charge in [-0.05, 0) is 37.2 Å². The number of thiocarbonyl (C=S) groups is 1. The van der Waals surface area contributed by atoms with Crippen LogP contribution >= 0.6 is 12.2 Å². The Labute approximate surface area is 119 Å². The minimum Gasteiger partial charge on any atom is -0.348 e. The summed E-state index contributed by atoms with van der Waals surface area (Å²) < 4.78 is 23.0. The normalized spacial score (nSPS) is 21.1. The van der Waals surface area contributed by atoms with Gasteiger partial charge in [0.2, 0.25) is 0 Å². The summed E-state index contributed by atoms with van der Waals surface area (Å²) in [4.78, 5) is 1.85. The van der Waals surface area contributed by atoms with E-state index in [1.165, 1.54) is 0 Å². The maximum Gasteiger partial charge on any atom is 0.173 e. The van der Waals surface area contributed by atoms with Gasteiger partial charge in [0.15, 0.2) is 14.9 Å². The molecule has 1 aliphatic rings. The number of nitrogens with one attached hydrogen (secondary N) is 1. The molecule has 1 fully saturated rings. The van der Waals surface area contributed by atoms with Gasteiger partial charge in [-0.3, -0.25) is 0 Å². The Balaban J connectivity index is 2.03. The van der Waals surface area contributed by atoms with Crippen LogP contribution in [0, 0.1) is 6.92 Å². The highest BCUT2D eigenvalue weighted by molar-refractivity contribution is 7.91. The van der Waals surface area contributed by atoms with Crippen LogP contribution in [0.2, 0.25) is 0 Å². The van der Waals surface area contributed by atoms with Gasteiger partial charge < -0.3 is 10.2 Å². The molecule has 1 saturated heterocycles. The lowest BCUT2D eigenvalue weighted by molar-refractivity contribution is 0.402. The highest BCUT2D eigenvalue weighted by Gasteiger charge is 2.31. The van der Waals surface area contributed by atoms with Crippen LogP contribution in [-0.2, 0) is 9.84 Å². The molecule has 1 aliphatic heterocycles. The van der Waals surface area contributed by atoms with E-state index in [1.807, 2.05) is 43.1 Å². The molecule has 1 atom stereocenters. The summed E-state index contributed by atoms with van der Waals surface area (Å²) in [5.74, 6) is 0.452. The van der Waals surface area contributed by atoms with Crippen molar-refractivity contribution in [1.82, 2.24) is 4.90 Å². The monoisotopic (exact) mass is 298 g/mol. The summed E-state index contributed by atoms with van der Waals surface area (Å²) >= 11 is 5.35. The standard InChI is InChI=1S/C13H18N2O2S2/c1-10-5-3-4-6-12(10)14-13(18)15(2)11-7-8-19(16,17)9-11/h3-6,11H,7-9H2,1-2H3,(H,14,18)/t11-/m1/s1. The maximum absolute atomic E-state index is 11.5. The van der Waals surface area contributed by atoms with Gasteiger partial charge in [0, 0.05) is 18.8 Å². The van der Waals surface area contributed by atoms with E-state index in [0.29, 0.717) is 11.5 Å². The van der Waals surface area contributed by atoms with E-state index < -0.39 is 9.84 Å². The summed E-state index contributed by atoms with van der Waals surface area (Å²) in [6, 6.07) is 7.86. The topological polar surface area (TPSA) is 49.4 Å². The van der Waals surface area contributed by atoms with Gasteiger partial charge in [-0.15, -0.1) is 0 Å². The Morgan fingerprint density at radius 2 is 2.11 bits per heavy atom. The summed E-state index contributed by atoms with van der Waals surface area (Å²) in [7, 11) is -1.04. The molecule has 0 unspecified atom stereocenters. The number of hydrogen-bond donors (Lipinski definition) is 1. The highest BCUT2D eigenvalue weighted by Crippen LogP contribution is 2.19. The van der Waals surface area contributed by atoms with E-state index in [4.69, 9.17) is 12.2 Å². The van der Waals surface area contributed by atoms with E-state index in [0.717, 1.165) is 11.3 Å². The van der Waals surface area contributed by atoms with Crippen molar-refractivity contribution in [3.8, 4) is 0 Å². The quantitative estimate of drug-likeness (QED) is 0.844. The second kappa shape index (κ2) is 5.46. The number of anilines is 1. The fourth-order valence-electron chi connectivity index (χ4n) is 2.16. The third-order valence-electron chi connectivity index (χ3n) is 3.46. The largest absolute Gasteiger partial charge is 0.348 e. The fourth-order valence-corrected chi connectivity index (χ4v) is 4.20. The molecular formula is C13H18N2O2S2. The zero-order valence-electron chi connectivity index (χ0n) is 11.1. The zero-order chi connectivity index (χ0) is 14.0. The Morgan fingerprint density at radius 3 is 2.68 bits per heavy atom. The number of para-hydroxylation sites is 1. The number of nitrogens with zero attached hydrogens (tertiary/aromatic N) is 1. The molecule has 0 amide bonds. The molecule has 6 heteroatoms. The smallest absolute Gasteiger partial charge is 0.173 e. The van der Waals surface area contributed by atoms with Crippen molar-refractivity contribution in [3.63, 3.8) is 0 Å². The first-order valence-electron chi connectivity index (χ1n) is 6.19. The van der Waals surface area contributed by atoms with Crippen LogP contribution < -0.4 is 5.32 Å². The predicted octanol–water partition coefficient (Wildman–Crippen LogP) is 1.81. The van der Waals surface area contributed by atoms with Crippen molar-refractivity contribution in [2.75, 3.05) is 23.9 Å². The van der Waals surface area contributed by atoms with Crippen molar-refractivity contribution in [3.05, 3.63) is 29.8 Å². The number of hydrogen-bond acceptors (Lipinski definition) is 3. The minimum atomic E-state index is -2.88. The molecule has 1 N–H and O–H groups in total. The molecule has 0 aliphatic carbocycles. The van der Waals surface area contributed by atoms with Gasteiger partial charge in [-0.1, -0.05) is 18.2 Å². The Bertz CT molecular complexity index is 584. The lowest BCUT2D eigenvalue weighted by Gasteiger charge is -2.27. The lowest BCUT2D eigenvalue weighted by atomic mass is 10.2. The first-order chi connectivity index (χ1) is 8.89. The average molecular weight is 298 g/mol. The highest BCUT2D eigenvalue weighted by atomic mass is 32.2. The van der Waals surface area contributed by atoms with Crippen LogP contribution in [0.25, 0.3) is 0 Å². The first kappa shape index (κ1) is 14.3. The lowest BCUT2D eigenvalue weighted by Crippen LogP contribution is -2.40. The van der Waals surface area contributed by atoms with Gasteiger partial charge >= 0.3 is 0 Å². The molecule has 19 heavy (non-hydrogen) atoms. The van der Waals surface area contributed by atoms with E-state index in [9.17, 15) is 8.42 Å². The number of rotatable bonds is 2. The maximum atomic E-state index is 11.5. The van der Waals surface area contributed by atoms with Gasteiger partial charge in [-0.2, -0.15) is 0 Å². The second-order valence-corrected chi connectivity index (χ2v) is 7.53. The molecule has 104 valence electrons. The molecule has 1 aromatic rings. The Morgan fingerprint density at radius 1 is 1.42 bits per heavy atom. The van der Waals surface area contributed by atoms with E-state index >= 15 is 0 Å². The first-order valence-corrected chi connectivity index (χ1v) is 8.42. The van der Waals surface area contributed by atoms with E-state index in [-0.39, 0.29) is 17.5 Å². The van der Waals surface area contributed by atoms with Crippen molar-refractivity contribution >= 4 is 32.9 Å². The van der Waals surface area contributed by atoms with Crippen LogP contribution in [0.4, 0.5) is 5.69 Å². The Hall–Kier alpha value is -1.14. The van der Waals surface area contributed by atoms with Gasteiger partial charge in [0.1, 0.15) is 0 Å². The van der Waals surface area contributed by atoms with Crippen molar-refractivity contribution < 1.29 is 8.42 Å². The predicted molar refractivity (Wildman–Crippen MR) is 82.2 cm³/mol. The Kier molecular flexibility index (Phi) is 4.10. The summed E-state index contributed by atoms with van der Waals surface area (Å²) in [5.41, 5.74) is 2.07. The van der Waals surface area contributed by atoms with Crippen LogP contribution in [0.15, 0.2) is 24.3 Å². The molecule has 0 radical (unpaired) electrons. The zero-order valence-corrected chi connectivity index (χ0v) is 12.7. The molecule has 1 heterocycles. The van der Waals surface area contributed by atoms with Crippen LogP contribution in [0.1, 0.15) is 12.0 Å². The number of benzene rings is 1. The third-order valence-corrected chi connectivity index (χ3v) is 5.60. The number of sulfone groups is 1. The van der Waals surface area contributed by atoms with Gasteiger partial charge in [0.05, 0.1) is 11.5 Å². The minimum absolute atomic E-state index is 0.0194. The van der Waals surface area contributed by atoms with Crippen LogP contribution in [0.3, 0.4) is 0 Å². The summed E-state index contributed by atoms with van der Waals surface area (Å²) in [5, 5.41) is 3.74. The second-order valence-electron chi connectivity index (χ2n) is 4.91. The fraction of sp³-hybridized carbons (Fsp3) is 0.462. The average Bonchev–Trinajstić information content (AvgIpc) is 2.71. The van der Waals surface area contributed by atoms with Crippen molar-refractivity contribution in [2.24, 2.45) is 0 Å². The molecular weight excluding hydrogens is 280 g/mol. The summed E-state index contributed by atoms with van der Waals surface area (Å²) in [6.45, 7) is 2.00. The molecule has 0 spiro atoms. The van der Waals surface area contributed by atoms with Crippen molar-refractivity contribution in [2.45, 2.75) is 19.4 Å². The van der Waals surface area contributed by atoms with Crippen molar-refractivity contribution in [1.29, 1.82) is 0 Å². The molecule has 1 aromatic carbocycles. The van der Waals surface area contributed by atoms with Crippen LogP contribution in [-0.4, -0.2) is 43.0 Å². The number of aryl methyl sites for hydroxylation is 1. The van der Waals surface area contributed by atoms with Crippen LogP contribution in [0.5, 0.6) is 0 Å². The molecule has 2 rings (SSSR count). The SMILES string of the molecule is Cc1ccccc1NC(=S)N(C)[C@@H]1CCS(=O)(=O)C1. The summed E-state index contributed by atoms with van der Waals surface area (Å²) in [6.07, 6.45) is 0.647. The van der Waals surface area contributed by atoms with Gasteiger partial charge in [0.25, 0.3) is 0 Å². The van der Waals surface area contributed by atoms with E-state index in [1.54, 1.807) is 0 Å². The molecule has 0 bridgehead atoms. The molecule has 0 saturated carbocycles. The molecule has 0 aromatic heterocycles. The van der Waals surface area contributed by atoms with Gasteiger partial charge in [-0.25, -0.2) is 8.42 Å². The third kappa shape index (κ3) is 3.45. The van der Waals surface area contributed by atoms with E-state index in [2.05, 4.69) is 5.32 Å². The molecule has 4 nitrogen and oxygen atoms in total.